The van der Waals surface area contributed by atoms with Crippen LogP contribution in [-0.4, -0.2) is 26.7 Å². The van der Waals surface area contributed by atoms with Crippen molar-refractivity contribution in [2.45, 2.75) is 6.42 Å². The average molecular weight is 265 g/mol. The van der Waals surface area contributed by atoms with Crippen LogP contribution in [0.4, 0.5) is 5.69 Å². The van der Waals surface area contributed by atoms with Crippen LogP contribution in [0, 0.1) is 0 Å². The summed E-state index contributed by atoms with van der Waals surface area (Å²) >= 11 is 0. The number of rotatable bonds is 2. The largest absolute Gasteiger partial charge is 0.384 e. The van der Waals surface area contributed by atoms with E-state index in [9.17, 15) is 0 Å². The molecule has 6 nitrogen and oxygen atoms in total. The highest BCUT2D eigenvalue weighted by Gasteiger charge is 2.15. The van der Waals surface area contributed by atoms with Crippen molar-refractivity contribution < 1.29 is 4.52 Å². The van der Waals surface area contributed by atoms with Gasteiger partial charge < -0.3 is 9.84 Å². The first-order valence-corrected chi connectivity index (χ1v) is 6.38. The molecule has 0 saturated carbocycles. The lowest BCUT2D eigenvalue weighted by atomic mass is 10.1. The molecule has 4 rings (SSSR count). The maximum atomic E-state index is 5.30. The molecule has 0 radical (unpaired) electrons. The molecule has 0 unspecified atom stereocenters. The van der Waals surface area contributed by atoms with Crippen LogP contribution in [0.25, 0.3) is 23.1 Å². The molecule has 6 heteroatoms. The molecule has 0 amide bonds. The smallest absolute Gasteiger partial charge is 0.258 e. The van der Waals surface area contributed by atoms with Crippen LogP contribution >= 0.6 is 0 Å². The predicted molar refractivity (Wildman–Crippen MR) is 73.0 cm³/mol. The zero-order valence-electron chi connectivity index (χ0n) is 10.6. The summed E-state index contributed by atoms with van der Waals surface area (Å²) in [6, 6.07) is 7.87. The summed E-state index contributed by atoms with van der Waals surface area (Å²) in [4.78, 5) is 12.6. The Kier molecular flexibility index (Phi) is 2.45. The van der Waals surface area contributed by atoms with Crippen molar-refractivity contribution >= 4 is 5.69 Å². The Morgan fingerprint density at radius 2 is 2.00 bits per heavy atom. The van der Waals surface area contributed by atoms with E-state index in [1.807, 2.05) is 12.1 Å². The molecule has 1 aliphatic heterocycles. The van der Waals surface area contributed by atoms with E-state index in [2.05, 4.69) is 31.5 Å². The third-order valence-electron chi connectivity index (χ3n) is 3.26. The van der Waals surface area contributed by atoms with Crippen molar-refractivity contribution in [3.8, 4) is 23.1 Å². The van der Waals surface area contributed by atoms with Crippen molar-refractivity contribution in [3.05, 3.63) is 42.2 Å². The van der Waals surface area contributed by atoms with Gasteiger partial charge in [-0.25, -0.2) is 9.97 Å². The molecule has 0 spiro atoms. The number of benzene rings is 1. The maximum absolute atomic E-state index is 5.30. The van der Waals surface area contributed by atoms with E-state index >= 15 is 0 Å². The lowest BCUT2D eigenvalue weighted by Crippen LogP contribution is -1.91. The van der Waals surface area contributed by atoms with Gasteiger partial charge in [0.05, 0.1) is 0 Å². The second kappa shape index (κ2) is 4.41. The highest BCUT2D eigenvalue weighted by molar-refractivity contribution is 5.67. The zero-order chi connectivity index (χ0) is 13.4. The second-order valence-corrected chi connectivity index (χ2v) is 4.54. The van der Waals surface area contributed by atoms with Crippen LogP contribution in [0.15, 0.2) is 41.2 Å². The minimum atomic E-state index is 0.397. The first-order valence-electron chi connectivity index (χ1n) is 6.38. The molecule has 0 bridgehead atoms. The van der Waals surface area contributed by atoms with Crippen molar-refractivity contribution in [1.29, 1.82) is 0 Å². The fourth-order valence-corrected chi connectivity index (χ4v) is 2.27. The van der Waals surface area contributed by atoms with Crippen LogP contribution in [0.3, 0.4) is 0 Å². The summed E-state index contributed by atoms with van der Waals surface area (Å²) in [7, 11) is 0. The Morgan fingerprint density at radius 1 is 1.10 bits per heavy atom. The standard InChI is InChI=1S/C14H11N5O/c1-5-16-12(17-6-1)13-18-14(20-19-13)10-3-2-9-4-7-15-11(9)8-10/h1-3,5-6,8,15H,4,7H2. The van der Waals surface area contributed by atoms with E-state index in [0.29, 0.717) is 17.5 Å². The first-order chi connectivity index (χ1) is 9.90. The number of aromatic nitrogens is 4. The quantitative estimate of drug-likeness (QED) is 0.765. The van der Waals surface area contributed by atoms with Gasteiger partial charge in [-0.2, -0.15) is 4.98 Å². The van der Waals surface area contributed by atoms with Gasteiger partial charge in [-0.15, -0.1) is 0 Å². The molecule has 0 saturated heterocycles. The van der Waals surface area contributed by atoms with Crippen LogP contribution in [0.5, 0.6) is 0 Å². The molecule has 3 heterocycles. The molecular weight excluding hydrogens is 254 g/mol. The maximum Gasteiger partial charge on any atom is 0.258 e. The summed E-state index contributed by atoms with van der Waals surface area (Å²) in [5.74, 6) is 1.33. The third kappa shape index (κ3) is 1.82. The number of anilines is 1. The zero-order valence-corrected chi connectivity index (χ0v) is 10.6. The molecule has 2 aromatic heterocycles. The molecule has 20 heavy (non-hydrogen) atoms. The van der Waals surface area contributed by atoms with E-state index in [-0.39, 0.29) is 0 Å². The molecule has 1 aliphatic rings. The van der Waals surface area contributed by atoms with Gasteiger partial charge in [-0.05, 0) is 30.2 Å². The number of fused-ring (bicyclic) bond motifs is 1. The normalized spacial score (nSPS) is 13.0. The van der Waals surface area contributed by atoms with Gasteiger partial charge in [-0.1, -0.05) is 11.2 Å². The highest BCUT2D eigenvalue weighted by Crippen LogP contribution is 2.28. The fraction of sp³-hybridized carbons (Fsp3) is 0.143. The van der Waals surface area contributed by atoms with Gasteiger partial charge in [0, 0.05) is 30.2 Å². The van der Waals surface area contributed by atoms with E-state index < -0.39 is 0 Å². The summed E-state index contributed by atoms with van der Waals surface area (Å²) in [6.45, 7) is 0.978. The van der Waals surface area contributed by atoms with Gasteiger partial charge in [0.1, 0.15) is 0 Å². The van der Waals surface area contributed by atoms with Crippen LogP contribution in [-0.2, 0) is 6.42 Å². The van der Waals surface area contributed by atoms with E-state index in [1.165, 1.54) is 5.56 Å². The summed E-state index contributed by atoms with van der Waals surface area (Å²) in [6.07, 6.45) is 4.36. The van der Waals surface area contributed by atoms with Gasteiger partial charge in [0.25, 0.3) is 5.89 Å². The molecule has 1 aromatic carbocycles. The SMILES string of the molecule is c1cnc(-c2noc(-c3ccc4c(c3)NCC4)n2)nc1. The summed E-state index contributed by atoms with van der Waals surface area (Å²) in [5, 5.41) is 7.26. The topological polar surface area (TPSA) is 76.7 Å². The van der Waals surface area contributed by atoms with Gasteiger partial charge in [0.15, 0.2) is 0 Å². The number of nitrogens with zero attached hydrogens (tertiary/aromatic N) is 4. The minimum absolute atomic E-state index is 0.397. The van der Waals surface area contributed by atoms with E-state index in [1.54, 1.807) is 18.5 Å². The van der Waals surface area contributed by atoms with Gasteiger partial charge in [-0.3, -0.25) is 0 Å². The van der Waals surface area contributed by atoms with E-state index in [4.69, 9.17) is 4.52 Å². The Balaban J connectivity index is 1.72. The molecule has 3 aromatic rings. The number of hydrogen-bond acceptors (Lipinski definition) is 6. The molecular formula is C14H11N5O. The van der Waals surface area contributed by atoms with Crippen molar-refractivity contribution in [2.24, 2.45) is 0 Å². The predicted octanol–water partition coefficient (Wildman–Crippen LogP) is 2.16. The Labute approximate surface area is 114 Å². The third-order valence-corrected chi connectivity index (χ3v) is 3.26. The lowest BCUT2D eigenvalue weighted by Gasteiger charge is -2.00. The fourth-order valence-electron chi connectivity index (χ4n) is 2.27. The molecule has 0 atom stereocenters. The number of nitrogens with one attached hydrogen (secondary N) is 1. The first kappa shape index (κ1) is 11.1. The Morgan fingerprint density at radius 3 is 2.90 bits per heavy atom. The monoisotopic (exact) mass is 265 g/mol. The molecule has 98 valence electrons. The average Bonchev–Trinajstić information content (AvgIpc) is 3.16. The highest BCUT2D eigenvalue weighted by atomic mass is 16.5. The summed E-state index contributed by atoms with van der Waals surface area (Å²) in [5.41, 5.74) is 3.35. The Hall–Kier alpha value is -2.76. The number of hydrogen-bond donors (Lipinski definition) is 1. The van der Waals surface area contributed by atoms with Crippen molar-refractivity contribution in [3.63, 3.8) is 0 Å². The molecule has 1 N–H and O–H groups in total. The molecule has 0 fully saturated rings. The van der Waals surface area contributed by atoms with Gasteiger partial charge in [0.2, 0.25) is 11.6 Å². The van der Waals surface area contributed by atoms with Crippen molar-refractivity contribution in [1.82, 2.24) is 20.1 Å². The van der Waals surface area contributed by atoms with Gasteiger partial charge >= 0.3 is 0 Å². The van der Waals surface area contributed by atoms with E-state index in [0.717, 1.165) is 24.2 Å². The van der Waals surface area contributed by atoms with Crippen LogP contribution in [0.1, 0.15) is 5.56 Å². The second-order valence-electron chi connectivity index (χ2n) is 4.54. The lowest BCUT2D eigenvalue weighted by molar-refractivity contribution is 0.432. The Bertz CT molecular complexity index is 753. The van der Waals surface area contributed by atoms with Crippen molar-refractivity contribution in [2.75, 3.05) is 11.9 Å². The minimum Gasteiger partial charge on any atom is -0.384 e. The molecule has 0 aliphatic carbocycles. The van der Waals surface area contributed by atoms with Crippen LogP contribution in [0.2, 0.25) is 0 Å². The van der Waals surface area contributed by atoms with Crippen LogP contribution < -0.4 is 5.32 Å². The summed E-state index contributed by atoms with van der Waals surface area (Å²) < 4.78 is 5.30.